The number of hydrogen-bond donors (Lipinski definition) is 2. The summed E-state index contributed by atoms with van der Waals surface area (Å²) in [6, 6.07) is 5.49. The van der Waals surface area contributed by atoms with Crippen molar-refractivity contribution in [2.24, 2.45) is 11.7 Å². The van der Waals surface area contributed by atoms with Crippen molar-refractivity contribution in [1.29, 1.82) is 0 Å². The third-order valence-electron chi connectivity index (χ3n) is 6.42. The largest absolute Gasteiger partial charge is 0.381 e. The summed E-state index contributed by atoms with van der Waals surface area (Å²) in [4.78, 5) is 37.9. The van der Waals surface area contributed by atoms with Crippen LogP contribution in [0.25, 0.3) is 0 Å². The Labute approximate surface area is 164 Å². The summed E-state index contributed by atoms with van der Waals surface area (Å²) in [6.45, 7) is 0.413. The molecule has 28 heavy (non-hydrogen) atoms. The number of hydrogen-bond acceptors (Lipinski definition) is 5. The van der Waals surface area contributed by atoms with Gasteiger partial charge in [0.05, 0.1) is 6.10 Å². The Bertz CT molecular complexity index is 809. The molecule has 2 fully saturated rings. The number of nitrogens with zero attached hydrogens (tertiary/aromatic N) is 1. The number of imide groups is 1. The van der Waals surface area contributed by atoms with Crippen LogP contribution in [0, 0.1) is 5.92 Å². The molecule has 1 aromatic rings. The van der Waals surface area contributed by atoms with Gasteiger partial charge in [-0.15, -0.1) is 0 Å². The number of ether oxygens (including phenoxy) is 1. The van der Waals surface area contributed by atoms with E-state index in [0.717, 1.165) is 31.2 Å². The first kappa shape index (κ1) is 19.1. The van der Waals surface area contributed by atoms with Gasteiger partial charge in [0.15, 0.2) is 0 Å². The molecular weight excluding hydrogens is 358 g/mol. The van der Waals surface area contributed by atoms with E-state index in [1.165, 1.54) is 5.56 Å². The number of rotatable bonds is 4. The van der Waals surface area contributed by atoms with Crippen molar-refractivity contribution in [1.82, 2.24) is 10.2 Å². The van der Waals surface area contributed by atoms with Crippen molar-refractivity contribution in [2.45, 2.75) is 63.3 Å². The number of piperidine rings is 1. The Balaban J connectivity index is 1.45. The van der Waals surface area contributed by atoms with Gasteiger partial charge in [0.2, 0.25) is 11.8 Å². The minimum absolute atomic E-state index is 0.119. The van der Waals surface area contributed by atoms with Crippen molar-refractivity contribution in [3.05, 3.63) is 34.9 Å². The fraction of sp³-hybridized carbons (Fsp3) is 0.571. The fourth-order valence-electron chi connectivity index (χ4n) is 4.75. The average molecular weight is 385 g/mol. The molecule has 4 atom stereocenters. The molecule has 3 N–H and O–H groups in total. The normalized spacial score (nSPS) is 30.4. The molecule has 7 nitrogen and oxygen atoms in total. The highest BCUT2D eigenvalue weighted by Gasteiger charge is 2.39. The van der Waals surface area contributed by atoms with Crippen LogP contribution in [0.2, 0.25) is 0 Å². The number of carbonyl (C=O) groups excluding carboxylic acids is 3. The first-order chi connectivity index (χ1) is 13.5. The van der Waals surface area contributed by atoms with E-state index < -0.39 is 6.04 Å². The summed E-state index contributed by atoms with van der Waals surface area (Å²) < 4.78 is 5.44. The second-order valence-corrected chi connectivity index (χ2v) is 8.19. The molecule has 0 radical (unpaired) electrons. The van der Waals surface area contributed by atoms with Gasteiger partial charge in [-0.05, 0) is 55.2 Å². The van der Waals surface area contributed by atoms with E-state index >= 15 is 0 Å². The number of fused-ring (bicyclic) bond motifs is 1. The van der Waals surface area contributed by atoms with Crippen molar-refractivity contribution in [2.75, 3.05) is 7.11 Å². The molecule has 4 rings (SSSR count). The zero-order valence-corrected chi connectivity index (χ0v) is 16.1. The average Bonchev–Trinajstić information content (AvgIpc) is 2.99. The molecule has 0 bridgehead atoms. The highest BCUT2D eigenvalue weighted by Crippen LogP contribution is 2.31. The summed E-state index contributed by atoms with van der Waals surface area (Å²) in [5.41, 5.74) is 9.14. The van der Waals surface area contributed by atoms with Crippen LogP contribution in [-0.4, -0.2) is 47.9 Å². The molecule has 0 aromatic heterocycles. The lowest BCUT2D eigenvalue weighted by atomic mass is 9.79. The summed E-state index contributed by atoms with van der Waals surface area (Å²) in [5, 5.41) is 2.34. The number of nitrogens with two attached hydrogens (primary N) is 1. The van der Waals surface area contributed by atoms with E-state index in [4.69, 9.17) is 10.5 Å². The van der Waals surface area contributed by atoms with Crippen LogP contribution in [0.1, 0.15) is 53.6 Å². The molecule has 0 spiro atoms. The van der Waals surface area contributed by atoms with Crippen LogP contribution in [0.3, 0.4) is 0 Å². The SMILES string of the molecule is CO[C@H]1CC[C@H](Cc2ccc3c(c2)CN(C2CCC(=O)NC2=O)C3=O)[C@@H](N)C1. The van der Waals surface area contributed by atoms with Crippen molar-refractivity contribution in [3.8, 4) is 0 Å². The molecular formula is C21H27N3O4. The molecule has 7 heteroatoms. The van der Waals surface area contributed by atoms with E-state index in [2.05, 4.69) is 11.4 Å². The van der Waals surface area contributed by atoms with E-state index in [9.17, 15) is 14.4 Å². The minimum atomic E-state index is -0.571. The van der Waals surface area contributed by atoms with Crippen LogP contribution in [0.15, 0.2) is 18.2 Å². The summed E-state index contributed by atoms with van der Waals surface area (Å²) in [7, 11) is 1.74. The van der Waals surface area contributed by atoms with Crippen LogP contribution in [0.4, 0.5) is 0 Å². The summed E-state index contributed by atoms with van der Waals surface area (Å²) in [6.07, 6.45) is 4.75. The topological polar surface area (TPSA) is 102 Å². The van der Waals surface area contributed by atoms with Gasteiger partial charge in [0.1, 0.15) is 6.04 Å². The first-order valence-electron chi connectivity index (χ1n) is 10.0. The lowest BCUT2D eigenvalue weighted by Gasteiger charge is -2.33. The van der Waals surface area contributed by atoms with Gasteiger partial charge in [0, 0.05) is 31.7 Å². The molecule has 1 saturated heterocycles. The van der Waals surface area contributed by atoms with Gasteiger partial charge in [-0.25, -0.2) is 0 Å². The zero-order valence-electron chi connectivity index (χ0n) is 16.1. The molecule has 3 amide bonds. The summed E-state index contributed by atoms with van der Waals surface area (Å²) >= 11 is 0. The molecule has 3 aliphatic rings. The van der Waals surface area contributed by atoms with Gasteiger partial charge >= 0.3 is 0 Å². The van der Waals surface area contributed by atoms with Gasteiger partial charge in [-0.1, -0.05) is 12.1 Å². The van der Waals surface area contributed by atoms with Gasteiger partial charge in [-0.2, -0.15) is 0 Å². The highest BCUT2D eigenvalue weighted by atomic mass is 16.5. The monoisotopic (exact) mass is 385 g/mol. The maximum atomic E-state index is 12.8. The second kappa shape index (κ2) is 7.64. The molecule has 2 heterocycles. The quantitative estimate of drug-likeness (QED) is 0.757. The van der Waals surface area contributed by atoms with E-state index in [0.29, 0.717) is 24.4 Å². The van der Waals surface area contributed by atoms with Gasteiger partial charge < -0.3 is 15.4 Å². The molecule has 1 saturated carbocycles. The third-order valence-corrected chi connectivity index (χ3v) is 6.42. The van der Waals surface area contributed by atoms with E-state index in [1.54, 1.807) is 12.0 Å². The Morgan fingerprint density at radius 2 is 2.04 bits per heavy atom. The summed E-state index contributed by atoms with van der Waals surface area (Å²) in [5.74, 6) is -0.369. The highest BCUT2D eigenvalue weighted by molar-refractivity contribution is 6.05. The number of carbonyl (C=O) groups is 3. The Morgan fingerprint density at radius 1 is 1.21 bits per heavy atom. The lowest BCUT2D eigenvalue weighted by Crippen LogP contribution is -2.52. The molecule has 1 unspecified atom stereocenters. The smallest absolute Gasteiger partial charge is 0.255 e. The van der Waals surface area contributed by atoms with Crippen LogP contribution in [0.5, 0.6) is 0 Å². The number of methoxy groups -OCH3 is 1. The molecule has 1 aliphatic carbocycles. The maximum Gasteiger partial charge on any atom is 0.255 e. The van der Waals surface area contributed by atoms with E-state index in [1.807, 2.05) is 12.1 Å². The minimum Gasteiger partial charge on any atom is -0.381 e. The van der Waals surface area contributed by atoms with Gasteiger partial charge in [-0.3, -0.25) is 19.7 Å². The second-order valence-electron chi connectivity index (χ2n) is 8.19. The van der Waals surface area contributed by atoms with Crippen molar-refractivity contribution in [3.63, 3.8) is 0 Å². The molecule has 2 aliphatic heterocycles. The number of benzene rings is 1. The Hall–Kier alpha value is -2.25. The van der Waals surface area contributed by atoms with Crippen molar-refractivity contribution < 1.29 is 19.1 Å². The predicted octanol–water partition coefficient (Wildman–Crippen LogP) is 1.13. The molecule has 1 aromatic carbocycles. The zero-order chi connectivity index (χ0) is 19.8. The first-order valence-corrected chi connectivity index (χ1v) is 10.0. The third kappa shape index (κ3) is 3.56. The van der Waals surface area contributed by atoms with Crippen molar-refractivity contribution >= 4 is 17.7 Å². The Kier molecular flexibility index (Phi) is 5.21. The van der Waals surface area contributed by atoms with Crippen LogP contribution < -0.4 is 11.1 Å². The standard InChI is InChI=1S/C21H27N3O4/c1-28-15-4-3-13(17(22)10-15)8-12-2-5-16-14(9-12)11-24(21(16)27)18-6-7-19(25)23-20(18)26/h2,5,9,13,15,17-18H,3-4,6-8,10-11,22H2,1H3,(H,23,25,26)/t13-,15+,17+,18?/m1/s1. The fourth-order valence-corrected chi connectivity index (χ4v) is 4.75. The molecule has 150 valence electrons. The van der Waals surface area contributed by atoms with E-state index in [-0.39, 0.29) is 36.3 Å². The predicted molar refractivity (Wildman–Crippen MR) is 102 cm³/mol. The van der Waals surface area contributed by atoms with Gasteiger partial charge in [0.25, 0.3) is 5.91 Å². The number of nitrogens with one attached hydrogen (secondary N) is 1. The lowest BCUT2D eigenvalue weighted by molar-refractivity contribution is -0.136. The Morgan fingerprint density at radius 3 is 2.75 bits per heavy atom. The van der Waals surface area contributed by atoms with Crippen LogP contribution >= 0.6 is 0 Å². The van der Waals surface area contributed by atoms with Crippen LogP contribution in [-0.2, 0) is 27.3 Å². The number of amides is 3. The maximum absolute atomic E-state index is 12.8.